The zero-order valence-electron chi connectivity index (χ0n) is 11.0. The first-order valence-corrected chi connectivity index (χ1v) is 7.90. The van der Waals surface area contributed by atoms with Crippen molar-refractivity contribution in [3.8, 4) is 0 Å². The Hall–Kier alpha value is -1.11. The molecule has 1 aromatic carbocycles. The van der Waals surface area contributed by atoms with Crippen molar-refractivity contribution in [3.05, 3.63) is 23.8 Å². The molecule has 106 valence electrons. The van der Waals surface area contributed by atoms with Crippen molar-refractivity contribution in [2.24, 2.45) is 5.92 Å². The Labute approximate surface area is 113 Å². The van der Waals surface area contributed by atoms with Gasteiger partial charge in [0, 0.05) is 12.2 Å². The summed E-state index contributed by atoms with van der Waals surface area (Å²) in [6.07, 6.45) is 2.01. The summed E-state index contributed by atoms with van der Waals surface area (Å²) < 4.78 is 27.0. The van der Waals surface area contributed by atoms with Gasteiger partial charge in [-0.15, -0.1) is 0 Å². The zero-order valence-corrected chi connectivity index (χ0v) is 11.8. The van der Waals surface area contributed by atoms with Gasteiger partial charge in [0.15, 0.2) is 0 Å². The molecule has 2 rings (SSSR count). The van der Waals surface area contributed by atoms with Gasteiger partial charge in [-0.3, -0.25) is 0 Å². The average molecular weight is 284 g/mol. The van der Waals surface area contributed by atoms with Gasteiger partial charge in [0.1, 0.15) is 0 Å². The van der Waals surface area contributed by atoms with E-state index in [0.717, 1.165) is 12.8 Å². The third-order valence-electron chi connectivity index (χ3n) is 3.56. The molecule has 0 aromatic heterocycles. The minimum atomic E-state index is -3.50. The predicted molar refractivity (Wildman–Crippen MR) is 74.1 cm³/mol. The number of benzene rings is 1. The molecule has 0 amide bonds. The Morgan fingerprint density at radius 3 is 2.74 bits per heavy atom. The molecule has 19 heavy (non-hydrogen) atoms. The van der Waals surface area contributed by atoms with E-state index in [4.69, 9.17) is 5.73 Å². The van der Waals surface area contributed by atoms with Crippen molar-refractivity contribution in [1.29, 1.82) is 0 Å². The number of nitrogens with one attached hydrogen (secondary N) is 1. The molecule has 2 atom stereocenters. The molecular weight excluding hydrogens is 264 g/mol. The second-order valence-corrected chi connectivity index (χ2v) is 6.95. The summed E-state index contributed by atoms with van der Waals surface area (Å²) >= 11 is 0. The molecule has 0 radical (unpaired) electrons. The molecule has 1 aliphatic carbocycles. The first kappa shape index (κ1) is 14.3. The predicted octanol–water partition coefficient (Wildman–Crippen LogP) is 1.02. The van der Waals surface area contributed by atoms with Crippen LogP contribution in [0.25, 0.3) is 0 Å². The van der Waals surface area contributed by atoms with Crippen LogP contribution in [-0.4, -0.2) is 26.2 Å². The number of rotatable bonds is 4. The molecule has 1 fully saturated rings. The van der Waals surface area contributed by atoms with Gasteiger partial charge < -0.3 is 10.8 Å². The van der Waals surface area contributed by atoms with Gasteiger partial charge in [0.05, 0.1) is 11.0 Å². The van der Waals surface area contributed by atoms with Crippen LogP contribution in [0.4, 0.5) is 5.69 Å². The summed E-state index contributed by atoms with van der Waals surface area (Å²) in [6.45, 7) is 2.10. The van der Waals surface area contributed by atoms with Crippen molar-refractivity contribution in [2.45, 2.75) is 37.2 Å². The molecule has 0 spiro atoms. The molecule has 0 aliphatic heterocycles. The number of hydrogen-bond acceptors (Lipinski definition) is 4. The van der Waals surface area contributed by atoms with Crippen molar-refractivity contribution in [2.75, 3.05) is 12.3 Å². The standard InChI is InChI=1S/C13H20N2O3S/c1-9-6-11(14)3-5-13(9)19(17,18)15-8-10-2-4-12(16)7-10/h3,5-6,10,12,15-16H,2,4,7-8,14H2,1H3. The highest BCUT2D eigenvalue weighted by Gasteiger charge is 2.25. The van der Waals surface area contributed by atoms with Crippen LogP contribution >= 0.6 is 0 Å². The number of aliphatic hydroxyl groups excluding tert-OH is 1. The monoisotopic (exact) mass is 284 g/mol. The van der Waals surface area contributed by atoms with Crippen LogP contribution in [0, 0.1) is 12.8 Å². The summed E-state index contributed by atoms with van der Waals surface area (Å²) in [5.74, 6) is 0.221. The third kappa shape index (κ3) is 3.46. The van der Waals surface area contributed by atoms with E-state index in [2.05, 4.69) is 4.72 Å². The minimum absolute atomic E-state index is 0.221. The maximum Gasteiger partial charge on any atom is 0.240 e. The molecule has 0 heterocycles. The summed E-state index contributed by atoms with van der Waals surface area (Å²) in [6, 6.07) is 4.76. The summed E-state index contributed by atoms with van der Waals surface area (Å²) in [4.78, 5) is 0.264. The smallest absolute Gasteiger partial charge is 0.240 e. The van der Waals surface area contributed by atoms with Crippen LogP contribution in [0.15, 0.2) is 23.1 Å². The number of nitrogen functional groups attached to an aromatic ring is 1. The molecule has 0 bridgehead atoms. The van der Waals surface area contributed by atoms with Crippen molar-refractivity contribution >= 4 is 15.7 Å². The number of aliphatic hydroxyl groups is 1. The zero-order chi connectivity index (χ0) is 14.0. The molecule has 2 unspecified atom stereocenters. The molecule has 1 aliphatic rings. The van der Waals surface area contributed by atoms with Gasteiger partial charge in [-0.05, 0) is 55.9 Å². The highest BCUT2D eigenvalue weighted by molar-refractivity contribution is 7.89. The Balaban J connectivity index is 2.06. The lowest BCUT2D eigenvalue weighted by Gasteiger charge is -2.13. The summed E-state index contributed by atoms with van der Waals surface area (Å²) in [5.41, 5.74) is 6.81. The number of hydrogen-bond donors (Lipinski definition) is 3. The van der Waals surface area contributed by atoms with Gasteiger partial charge in [0.25, 0.3) is 0 Å². The van der Waals surface area contributed by atoms with Gasteiger partial charge >= 0.3 is 0 Å². The number of sulfonamides is 1. The Bertz CT molecular complexity index is 557. The SMILES string of the molecule is Cc1cc(N)ccc1S(=O)(=O)NCC1CCC(O)C1. The van der Waals surface area contributed by atoms with E-state index in [9.17, 15) is 13.5 Å². The lowest BCUT2D eigenvalue weighted by Crippen LogP contribution is -2.29. The topological polar surface area (TPSA) is 92.4 Å². The fourth-order valence-corrected chi connectivity index (χ4v) is 3.85. The maximum absolute atomic E-state index is 12.2. The lowest BCUT2D eigenvalue weighted by molar-refractivity contribution is 0.178. The molecule has 6 heteroatoms. The molecule has 5 nitrogen and oxygen atoms in total. The highest BCUT2D eigenvalue weighted by Crippen LogP contribution is 2.25. The van der Waals surface area contributed by atoms with Crippen molar-refractivity contribution in [3.63, 3.8) is 0 Å². The molecule has 1 aromatic rings. The van der Waals surface area contributed by atoms with Crippen molar-refractivity contribution < 1.29 is 13.5 Å². The Morgan fingerprint density at radius 1 is 1.42 bits per heavy atom. The van der Waals surface area contributed by atoms with E-state index in [0.29, 0.717) is 24.2 Å². The van der Waals surface area contributed by atoms with Crippen molar-refractivity contribution in [1.82, 2.24) is 4.72 Å². The van der Waals surface area contributed by atoms with Gasteiger partial charge in [-0.25, -0.2) is 13.1 Å². The number of anilines is 1. The van der Waals surface area contributed by atoms with Crippen LogP contribution in [-0.2, 0) is 10.0 Å². The van der Waals surface area contributed by atoms with Gasteiger partial charge in [-0.2, -0.15) is 0 Å². The minimum Gasteiger partial charge on any atom is -0.399 e. The Morgan fingerprint density at radius 2 is 2.16 bits per heavy atom. The van der Waals surface area contributed by atoms with Crippen LogP contribution in [0.3, 0.4) is 0 Å². The number of aryl methyl sites for hydroxylation is 1. The average Bonchev–Trinajstić information content (AvgIpc) is 2.72. The molecule has 4 N–H and O–H groups in total. The second kappa shape index (κ2) is 5.48. The van der Waals surface area contributed by atoms with Crippen LogP contribution in [0.2, 0.25) is 0 Å². The van der Waals surface area contributed by atoms with E-state index in [1.54, 1.807) is 19.1 Å². The second-order valence-electron chi connectivity index (χ2n) is 5.21. The van der Waals surface area contributed by atoms with E-state index >= 15 is 0 Å². The fourth-order valence-electron chi connectivity index (χ4n) is 2.51. The summed E-state index contributed by atoms with van der Waals surface area (Å²) in [5, 5.41) is 9.43. The quantitative estimate of drug-likeness (QED) is 0.720. The molecule has 0 saturated heterocycles. The fraction of sp³-hybridized carbons (Fsp3) is 0.538. The number of nitrogens with two attached hydrogens (primary N) is 1. The Kier molecular flexibility index (Phi) is 4.13. The normalized spacial score (nSPS) is 23.7. The van der Waals surface area contributed by atoms with E-state index < -0.39 is 10.0 Å². The van der Waals surface area contributed by atoms with Crippen LogP contribution in [0.1, 0.15) is 24.8 Å². The first-order valence-electron chi connectivity index (χ1n) is 6.42. The largest absolute Gasteiger partial charge is 0.399 e. The van der Waals surface area contributed by atoms with E-state index in [-0.39, 0.29) is 16.9 Å². The van der Waals surface area contributed by atoms with Crippen LogP contribution < -0.4 is 10.5 Å². The lowest BCUT2D eigenvalue weighted by atomic mass is 10.1. The van der Waals surface area contributed by atoms with E-state index in [1.807, 2.05) is 0 Å². The molecule has 1 saturated carbocycles. The van der Waals surface area contributed by atoms with Crippen LogP contribution in [0.5, 0.6) is 0 Å². The van der Waals surface area contributed by atoms with E-state index in [1.165, 1.54) is 6.07 Å². The third-order valence-corrected chi connectivity index (χ3v) is 5.15. The van der Waals surface area contributed by atoms with Gasteiger partial charge in [-0.1, -0.05) is 0 Å². The summed E-state index contributed by atoms with van der Waals surface area (Å²) in [7, 11) is -3.50. The van der Waals surface area contributed by atoms with Gasteiger partial charge in [0.2, 0.25) is 10.0 Å². The first-order chi connectivity index (χ1) is 8.88. The highest BCUT2D eigenvalue weighted by atomic mass is 32.2. The maximum atomic E-state index is 12.2. The molecular formula is C13H20N2O3S.